The Balaban J connectivity index is 0.00000225. The Morgan fingerprint density at radius 1 is 1.11 bits per heavy atom. The van der Waals surface area contributed by atoms with Crippen LogP contribution in [0, 0.1) is 0 Å². The average molecular weight is 419 g/mol. The number of pyridine rings is 1. The summed E-state index contributed by atoms with van der Waals surface area (Å²) in [7, 11) is 0. The van der Waals surface area contributed by atoms with Crippen molar-refractivity contribution in [3.63, 3.8) is 0 Å². The van der Waals surface area contributed by atoms with E-state index in [4.69, 9.17) is 11.6 Å². The van der Waals surface area contributed by atoms with Gasteiger partial charge in [0.25, 0.3) is 5.91 Å². The summed E-state index contributed by atoms with van der Waals surface area (Å²) in [6, 6.07) is 8.87. The normalized spacial score (nSPS) is 13.0. The molecule has 3 aromatic rings. The van der Waals surface area contributed by atoms with Crippen LogP contribution < -0.4 is 5.43 Å². The number of hydrogen-bond acceptors (Lipinski definition) is 5. The van der Waals surface area contributed by atoms with E-state index in [1.54, 1.807) is 27.7 Å². The first-order valence-corrected chi connectivity index (χ1v) is 8.70. The van der Waals surface area contributed by atoms with E-state index in [9.17, 15) is 14.7 Å². The summed E-state index contributed by atoms with van der Waals surface area (Å²) in [6.07, 6.45) is 4.56. The van der Waals surface area contributed by atoms with Crippen molar-refractivity contribution in [2.75, 3.05) is 6.54 Å². The van der Waals surface area contributed by atoms with Crippen molar-refractivity contribution < 1.29 is 9.90 Å². The van der Waals surface area contributed by atoms with Gasteiger partial charge in [-0.3, -0.25) is 9.59 Å². The van der Waals surface area contributed by atoms with Crippen molar-refractivity contribution in [1.29, 1.82) is 0 Å². The monoisotopic (exact) mass is 418 g/mol. The van der Waals surface area contributed by atoms with Crippen molar-refractivity contribution in [2.24, 2.45) is 0 Å². The number of nitrogens with zero attached hydrogens (tertiary/aromatic N) is 4. The third-order valence-electron chi connectivity index (χ3n) is 4.43. The minimum absolute atomic E-state index is 0. The Morgan fingerprint density at radius 3 is 2.57 bits per heavy atom. The maximum atomic E-state index is 12.9. The first kappa shape index (κ1) is 19.9. The van der Waals surface area contributed by atoms with Crippen molar-refractivity contribution in [3.05, 3.63) is 75.4 Å². The van der Waals surface area contributed by atoms with Gasteiger partial charge in [0.1, 0.15) is 0 Å². The number of carbonyl (C=O) groups is 1. The van der Waals surface area contributed by atoms with Crippen molar-refractivity contribution in [1.82, 2.24) is 19.4 Å². The number of benzene rings is 1. The van der Waals surface area contributed by atoms with Gasteiger partial charge in [0.05, 0.1) is 5.56 Å². The summed E-state index contributed by atoms with van der Waals surface area (Å²) in [5.74, 6) is -0.779. The Morgan fingerprint density at radius 2 is 1.86 bits per heavy atom. The fourth-order valence-corrected chi connectivity index (χ4v) is 3.35. The summed E-state index contributed by atoms with van der Waals surface area (Å²) in [6.45, 7) is 1.22. The van der Waals surface area contributed by atoms with Crippen LogP contribution in [0.5, 0.6) is 5.75 Å². The summed E-state index contributed by atoms with van der Waals surface area (Å²) in [5.41, 5.74) is 0.353. The fourth-order valence-electron chi connectivity index (χ4n) is 3.13. The molecule has 0 radical (unpaired) electrons. The summed E-state index contributed by atoms with van der Waals surface area (Å²) in [5, 5.41) is 11.0. The highest BCUT2D eigenvalue weighted by Crippen LogP contribution is 2.24. The largest absolute Gasteiger partial charge is 0.503 e. The standard InChI is InChI=1S/C19H15ClN4O3.ClH/c20-13-4-1-3-12(9-13)10-24-8-7-23-11-14(18-21-5-2-6-22-18)16(25)17(26)15(23)19(24)27;/h1-6,9,11,26H,7-8,10H2;1H. The van der Waals surface area contributed by atoms with E-state index in [1.165, 1.54) is 18.6 Å². The molecule has 4 rings (SSSR count). The zero-order valence-electron chi connectivity index (χ0n) is 14.6. The molecule has 2 aromatic heterocycles. The van der Waals surface area contributed by atoms with Gasteiger partial charge in [-0.25, -0.2) is 9.97 Å². The zero-order chi connectivity index (χ0) is 19.0. The zero-order valence-corrected chi connectivity index (χ0v) is 16.2. The summed E-state index contributed by atoms with van der Waals surface area (Å²) >= 11 is 6.00. The first-order chi connectivity index (χ1) is 13.0. The van der Waals surface area contributed by atoms with Gasteiger partial charge < -0.3 is 14.6 Å². The fraction of sp³-hybridized carbons (Fsp3) is 0.158. The lowest BCUT2D eigenvalue weighted by atomic mass is 10.1. The molecule has 28 heavy (non-hydrogen) atoms. The predicted molar refractivity (Wildman–Crippen MR) is 107 cm³/mol. The van der Waals surface area contributed by atoms with E-state index in [0.29, 0.717) is 24.7 Å². The van der Waals surface area contributed by atoms with Crippen LogP contribution in [0.2, 0.25) is 5.02 Å². The van der Waals surface area contributed by atoms with Gasteiger partial charge in [0.15, 0.2) is 17.3 Å². The molecule has 1 aliphatic heterocycles. The summed E-state index contributed by atoms with van der Waals surface area (Å²) < 4.78 is 1.58. The molecule has 0 bridgehead atoms. The number of rotatable bonds is 3. The summed E-state index contributed by atoms with van der Waals surface area (Å²) in [4.78, 5) is 35.1. The van der Waals surface area contributed by atoms with Crippen LogP contribution in [-0.2, 0) is 13.1 Å². The number of aromatic nitrogens is 3. The second kappa shape index (κ2) is 8.00. The Labute approximate surface area is 171 Å². The molecule has 9 heteroatoms. The Bertz CT molecular complexity index is 1090. The number of fused-ring (bicyclic) bond motifs is 1. The Kier molecular flexibility index (Phi) is 5.67. The molecule has 144 valence electrons. The molecule has 0 unspecified atom stereocenters. The first-order valence-electron chi connectivity index (χ1n) is 8.32. The number of carbonyl (C=O) groups excluding carboxylic acids is 1. The quantitative estimate of drug-likeness (QED) is 0.706. The molecule has 3 heterocycles. The van der Waals surface area contributed by atoms with Gasteiger partial charge in [-0.15, -0.1) is 12.4 Å². The van der Waals surface area contributed by atoms with Crippen LogP contribution in [0.4, 0.5) is 0 Å². The van der Waals surface area contributed by atoms with Crippen LogP contribution in [0.15, 0.2) is 53.7 Å². The molecule has 0 saturated carbocycles. The van der Waals surface area contributed by atoms with E-state index >= 15 is 0 Å². The Hall–Kier alpha value is -2.90. The highest BCUT2D eigenvalue weighted by molar-refractivity contribution is 6.30. The number of aromatic hydroxyl groups is 1. The van der Waals surface area contributed by atoms with Gasteiger partial charge in [-0.1, -0.05) is 23.7 Å². The molecule has 0 atom stereocenters. The lowest BCUT2D eigenvalue weighted by molar-refractivity contribution is 0.0683. The highest BCUT2D eigenvalue weighted by Gasteiger charge is 2.30. The van der Waals surface area contributed by atoms with Crippen molar-refractivity contribution in [2.45, 2.75) is 13.1 Å². The molecule has 1 aromatic carbocycles. The smallest absolute Gasteiger partial charge is 0.274 e. The average Bonchev–Trinajstić information content (AvgIpc) is 2.67. The molecule has 1 aliphatic rings. The molecule has 1 N–H and O–H groups in total. The number of amides is 1. The van der Waals surface area contributed by atoms with Crippen LogP contribution in [-0.4, -0.2) is 37.0 Å². The highest BCUT2D eigenvalue weighted by atomic mass is 35.5. The number of hydrogen-bond donors (Lipinski definition) is 1. The molecule has 0 spiro atoms. The van der Waals surface area contributed by atoms with Crippen LogP contribution in [0.3, 0.4) is 0 Å². The van der Waals surface area contributed by atoms with Gasteiger partial charge >= 0.3 is 0 Å². The minimum Gasteiger partial charge on any atom is -0.503 e. The molecule has 0 saturated heterocycles. The third kappa shape index (κ3) is 3.58. The van der Waals surface area contributed by atoms with Gasteiger partial charge in [-0.05, 0) is 23.8 Å². The maximum absolute atomic E-state index is 12.9. The SMILES string of the molecule is Cl.O=C1c2c(O)c(=O)c(-c3ncccn3)cn2CCN1Cc1cccc(Cl)c1. The molecule has 1 amide bonds. The van der Waals surface area contributed by atoms with Gasteiger partial charge in [-0.2, -0.15) is 0 Å². The van der Waals surface area contributed by atoms with Crippen LogP contribution in [0.25, 0.3) is 11.4 Å². The van der Waals surface area contributed by atoms with E-state index in [0.717, 1.165) is 5.56 Å². The van der Waals surface area contributed by atoms with E-state index < -0.39 is 17.1 Å². The van der Waals surface area contributed by atoms with Gasteiger partial charge in [0.2, 0.25) is 5.43 Å². The molecular weight excluding hydrogens is 403 g/mol. The van der Waals surface area contributed by atoms with Crippen molar-refractivity contribution in [3.8, 4) is 17.1 Å². The molecule has 0 aliphatic carbocycles. The van der Waals surface area contributed by atoms with Crippen LogP contribution in [0.1, 0.15) is 16.1 Å². The molecule has 7 nitrogen and oxygen atoms in total. The third-order valence-corrected chi connectivity index (χ3v) is 4.66. The predicted octanol–water partition coefficient (Wildman–Crippen LogP) is 2.74. The lowest BCUT2D eigenvalue weighted by Gasteiger charge is -2.30. The van der Waals surface area contributed by atoms with E-state index in [-0.39, 0.29) is 29.5 Å². The molecule has 0 fully saturated rings. The topological polar surface area (TPSA) is 88.3 Å². The van der Waals surface area contributed by atoms with Gasteiger partial charge in [0, 0.05) is 43.2 Å². The second-order valence-corrected chi connectivity index (χ2v) is 6.63. The van der Waals surface area contributed by atoms with Crippen molar-refractivity contribution >= 4 is 29.9 Å². The van der Waals surface area contributed by atoms with Crippen LogP contribution >= 0.6 is 24.0 Å². The van der Waals surface area contributed by atoms with E-state index in [1.807, 2.05) is 12.1 Å². The minimum atomic E-state index is -0.662. The lowest BCUT2D eigenvalue weighted by Crippen LogP contribution is -2.41. The maximum Gasteiger partial charge on any atom is 0.274 e. The second-order valence-electron chi connectivity index (χ2n) is 6.19. The van der Waals surface area contributed by atoms with E-state index in [2.05, 4.69) is 9.97 Å². The number of halogens is 2. The molecular formula is C19H16Cl2N4O3.